The third-order valence-corrected chi connectivity index (χ3v) is 3.53. The maximum atomic E-state index is 12.6. The van der Waals surface area contributed by atoms with Gasteiger partial charge in [0.2, 0.25) is 0 Å². The van der Waals surface area contributed by atoms with Gasteiger partial charge in [-0.25, -0.2) is 4.98 Å². The molecule has 0 saturated carbocycles. The minimum absolute atomic E-state index is 0.0426. The largest absolute Gasteiger partial charge is 0.370 e. The number of anilines is 1. The lowest BCUT2D eigenvalue weighted by molar-refractivity contribution is 0.0785. The number of nitrogens with one attached hydrogen (secondary N) is 1. The van der Waals surface area contributed by atoms with Gasteiger partial charge in [-0.3, -0.25) is 4.79 Å². The van der Waals surface area contributed by atoms with E-state index in [1.54, 1.807) is 30.3 Å². The van der Waals surface area contributed by atoms with Gasteiger partial charge in [0.1, 0.15) is 5.82 Å². The minimum atomic E-state index is -0.0426. The van der Waals surface area contributed by atoms with E-state index in [0.29, 0.717) is 17.9 Å². The summed E-state index contributed by atoms with van der Waals surface area (Å²) in [6.45, 7) is 3.26. The van der Waals surface area contributed by atoms with E-state index in [0.717, 1.165) is 16.6 Å². The standard InChI is InChI=1S/C16H18BrN3O/c1-3-18-15-14(8-5-9-19-15)16(21)20(2)11-12-6-4-7-13(17)10-12/h4-10H,3,11H2,1-2H3,(H,18,19). The van der Waals surface area contributed by atoms with Gasteiger partial charge >= 0.3 is 0 Å². The Morgan fingerprint density at radius 2 is 2.14 bits per heavy atom. The highest BCUT2D eigenvalue weighted by Gasteiger charge is 2.16. The molecule has 0 aliphatic heterocycles. The van der Waals surface area contributed by atoms with Crippen molar-refractivity contribution in [1.29, 1.82) is 0 Å². The van der Waals surface area contributed by atoms with Crippen molar-refractivity contribution in [2.45, 2.75) is 13.5 Å². The Morgan fingerprint density at radius 1 is 1.33 bits per heavy atom. The first-order chi connectivity index (χ1) is 10.1. The number of hydrogen-bond acceptors (Lipinski definition) is 3. The van der Waals surface area contributed by atoms with E-state index in [2.05, 4.69) is 26.2 Å². The summed E-state index contributed by atoms with van der Waals surface area (Å²) in [5.74, 6) is 0.588. The van der Waals surface area contributed by atoms with Crippen LogP contribution in [-0.4, -0.2) is 29.4 Å². The molecule has 0 atom stereocenters. The Kier molecular flexibility index (Phi) is 5.33. The van der Waals surface area contributed by atoms with Gasteiger partial charge < -0.3 is 10.2 Å². The third kappa shape index (κ3) is 4.04. The Morgan fingerprint density at radius 3 is 2.86 bits per heavy atom. The topological polar surface area (TPSA) is 45.2 Å². The first-order valence-electron chi connectivity index (χ1n) is 6.80. The molecule has 1 aromatic heterocycles. The highest BCUT2D eigenvalue weighted by atomic mass is 79.9. The number of pyridine rings is 1. The van der Waals surface area contributed by atoms with Crippen LogP contribution in [0.25, 0.3) is 0 Å². The number of aromatic nitrogens is 1. The fraction of sp³-hybridized carbons (Fsp3) is 0.250. The van der Waals surface area contributed by atoms with E-state index >= 15 is 0 Å². The summed E-state index contributed by atoms with van der Waals surface area (Å²) in [4.78, 5) is 18.5. The monoisotopic (exact) mass is 347 g/mol. The summed E-state index contributed by atoms with van der Waals surface area (Å²) in [7, 11) is 1.80. The van der Waals surface area contributed by atoms with Crippen molar-refractivity contribution < 1.29 is 4.79 Å². The molecule has 110 valence electrons. The molecular weight excluding hydrogens is 330 g/mol. The Labute approximate surface area is 133 Å². The van der Waals surface area contributed by atoms with Crippen LogP contribution in [0.5, 0.6) is 0 Å². The number of halogens is 1. The number of carbonyl (C=O) groups excluding carboxylic acids is 1. The molecule has 4 nitrogen and oxygen atoms in total. The van der Waals surface area contributed by atoms with Gasteiger partial charge in [0, 0.05) is 30.8 Å². The van der Waals surface area contributed by atoms with Crippen LogP contribution >= 0.6 is 15.9 Å². The fourth-order valence-electron chi connectivity index (χ4n) is 2.07. The zero-order chi connectivity index (χ0) is 15.2. The molecule has 0 aliphatic rings. The number of benzene rings is 1. The Balaban J connectivity index is 2.16. The highest BCUT2D eigenvalue weighted by molar-refractivity contribution is 9.10. The van der Waals surface area contributed by atoms with Crippen LogP contribution in [0.2, 0.25) is 0 Å². The molecule has 2 rings (SSSR count). The molecule has 1 amide bonds. The molecule has 0 unspecified atom stereocenters. The second-order valence-electron chi connectivity index (χ2n) is 4.72. The first kappa shape index (κ1) is 15.5. The van der Waals surface area contributed by atoms with Crippen LogP contribution in [0, 0.1) is 0 Å². The molecule has 0 aliphatic carbocycles. The van der Waals surface area contributed by atoms with E-state index in [1.807, 2.05) is 31.2 Å². The maximum absolute atomic E-state index is 12.6. The van der Waals surface area contributed by atoms with Gasteiger partial charge in [-0.05, 0) is 36.8 Å². The third-order valence-electron chi connectivity index (χ3n) is 3.04. The number of carbonyl (C=O) groups is 1. The van der Waals surface area contributed by atoms with Crippen molar-refractivity contribution in [2.75, 3.05) is 18.9 Å². The Bertz CT molecular complexity index is 630. The second kappa shape index (κ2) is 7.22. The number of hydrogen-bond donors (Lipinski definition) is 1. The summed E-state index contributed by atoms with van der Waals surface area (Å²) in [6.07, 6.45) is 1.68. The molecule has 0 spiro atoms. The highest BCUT2D eigenvalue weighted by Crippen LogP contribution is 2.17. The van der Waals surface area contributed by atoms with Gasteiger partial charge in [0.25, 0.3) is 5.91 Å². The number of amides is 1. The van der Waals surface area contributed by atoms with Crippen molar-refractivity contribution in [1.82, 2.24) is 9.88 Å². The molecule has 1 N–H and O–H groups in total. The van der Waals surface area contributed by atoms with E-state index in [4.69, 9.17) is 0 Å². The van der Waals surface area contributed by atoms with Crippen molar-refractivity contribution in [3.63, 3.8) is 0 Å². The lowest BCUT2D eigenvalue weighted by Crippen LogP contribution is -2.27. The molecule has 0 bridgehead atoms. The molecular formula is C16H18BrN3O. The molecule has 21 heavy (non-hydrogen) atoms. The predicted molar refractivity (Wildman–Crippen MR) is 88.3 cm³/mol. The van der Waals surface area contributed by atoms with Crippen LogP contribution in [-0.2, 0) is 6.54 Å². The van der Waals surface area contributed by atoms with Crippen LogP contribution in [0.1, 0.15) is 22.8 Å². The van der Waals surface area contributed by atoms with Crippen molar-refractivity contribution in [2.24, 2.45) is 0 Å². The molecule has 5 heteroatoms. The van der Waals surface area contributed by atoms with Crippen LogP contribution < -0.4 is 5.32 Å². The van der Waals surface area contributed by atoms with Crippen LogP contribution in [0.3, 0.4) is 0 Å². The zero-order valence-electron chi connectivity index (χ0n) is 12.1. The molecule has 1 aromatic carbocycles. The lowest BCUT2D eigenvalue weighted by Gasteiger charge is -2.19. The maximum Gasteiger partial charge on any atom is 0.257 e. The first-order valence-corrected chi connectivity index (χ1v) is 7.60. The molecule has 1 heterocycles. The normalized spacial score (nSPS) is 10.2. The summed E-state index contributed by atoms with van der Waals surface area (Å²) < 4.78 is 1.01. The minimum Gasteiger partial charge on any atom is -0.370 e. The lowest BCUT2D eigenvalue weighted by atomic mass is 10.2. The van der Waals surface area contributed by atoms with E-state index in [-0.39, 0.29) is 5.91 Å². The molecule has 0 saturated heterocycles. The quantitative estimate of drug-likeness (QED) is 0.899. The van der Waals surface area contributed by atoms with E-state index in [9.17, 15) is 4.79 Å². The molecule has 0 radical (unpaired) electrons. The summed E-state index contributed by atoms with van der Waals surface area (Å²) >= 11 is 3.44. The predicted octanol–water partition coefficient (Wildman–Crippen LogP) is 3.55. The summed E-state index contributed by atoms with van der Waals surface area (Å²) in [5, 5.41) is 3.12. The summed E-state index contributed by atoms with van der Waals surface area (Å²) in [5.41, 5.74) is 1.67. The van der Waals surface area contributed by atoms with E-state index in [1.165, 1.54) is 0 Å². The van der Waals surface area contributed by atoms with Gasteiger partial charge in [-0.1, -0.05) is 28.1 Å². The van der Waals surface area contributed by atoms with Gasteiger partial charge in [0.15, 0.2) is 0 Å². The zero-order valence-corrected chi connectivity index (χ0v) is 13.7. The van der Waals surface area contributed by atoms with Gasteiger partial charge in [-0.15, -0.1) is 0 Å². The van der Waals surface area contributed by atoms with Crippen LogP contribution in [0.15, 0.2) is 47.1 Å². The van der Waals surface area contributed by atoms with Crippen molar-refractivity contribution in [3.8, 4) is 0 Å². The van der Waals surface area contributed by atoms with Crippen molar-refractivity contribution in [3.05, 3.63) is 58.2 Å². The second-order valence-corrected chi connectivity index (χ2v) is 5.64. The molecule has 0 fully saturated rings. The van der Waals surface area contributed by atoms with Gasteiger partial charge in [0.05, 0.1) is 5.56 Å². The number of rotatable bonds is 5. The summed E-state index contributed by atoms with van der Waals surface area (Å²) in [6, 6.07) is 11.5. The van der Waals surface area contributed by atoms with E-state index < -0.39 is 0 Å². The van der Waals surface area contributed by atoms with Crippen molar-refractivity contribution >= 4 is 27.7 Å². The van der Waals surface area contributed by atoms with Gasteiger partial charge in [-0.2, -0.15) is 0 Å². The smallest absolute Gasteiger partial charge is 0.257 e. The molecule has 2 aromatic rings. The van der Waals surface area contributed by atoms with Crippen LogP contribution in [0.4, 0.5) is 5.82 Å². The fourth-order valence-corrected chi connectivity index (χ4v) is 2.52. The Hall–Kier alpha value is -1.88. The average molecular weight is 348 g/mol. The SMILES string of the molecule is CCNc1ncccc1C(=O)N(C)Cc1cccc(Br)c1. The average Bonchev–Trinajstić information content (AvgIpc) is 2.47. The number of nitrogens with zero attached hydrogens (tertiary/aromatic N) is 2.